The summed E-state index contributed by atoms with van der Waals surface area (Å²) >= 11 is 0. The first-order chi connectivity index (χ1) is 7.90. The standard InChI is InChI=1S/C14H20O2/c1-2-5-12-6-3-4-7-14(12)16-13-8-10-15-11-9-13/h3-4,6-7,13H,2,5,8-11H2,1H3. The third kappa shape index (κ3) is 2.99. The lowest BCUT2D eigenvalue weighted by Gasteiger charge is -2.24. The molecule has 1 aliphatic rings. The van der Waals surface area contributed by atoms with E-state index in [2.05, 4.69) is 25.1 Å². The molecule has 16 heavy (non-hydrogen) atoms. The molecule has 2 nitrogen and oxygen atoms in total. The molecule has 88 valence electrons. The minimum atomic E-state index is 0.340. The van der Waals surface area contributed by atoms with Crippen LogP contribution in [0.2, 0.25) is 0 Å². The second kappa shape index (κ2) is 5.90. The van der Waals surface area contributed by atoms with Gasteiger partial charge in [-0.3, -0.25) is 0 Å². The number of rotatable bonds is 4. The summed E-state index contributed by atoms with van der Waals surface area (Å²) in [5, 5.41) is 0. The minimum absolute atomic E-state index is 0.340. The van der Waals surface area contributed by atoms with Gasteiger partial charge in [0.15, 0.2) is 0 Å². The van der Waals surface area contributed by atoms with Gasteiger partial charge in [-0.1, -0.05) is 31.5 Å². The van der Waals surface area contributed by atoms with Crippen LogP contribution in [0.4, 0.5) is 0 Å². The van der Waals surface area contributed by atoms with E-state index >= 15 is 0 Å². The van der Waals surface area contributed by atoms with Crippen LogP contribution in [0, 0.1) is 0 Å². The average molecular weight is 220 g/mol. The summed E-state index contributed by atoms with van der Waals surface area (Å²) in [6, 6.07) is 8.38. The molecule has 0 unspecified atom stereocenters. The molecular weight excluding hydrogens is 200 g/mol. The van der Waals surface area contributed by atoms with Crippen molar-refractivity contribution in [2.24, 2.45) is 0 Å². The molecule has 0 amide bonds. The Labute approximate surface area is 97.6 Å². The molecule has 2 heteroatoms. The lowest BCUT2D eigenvalue weighted by Crippen LogP contribution is -2.26. The molecule has 0 spiro atoms. The van der Waals surface area contributed by atoms with Crippen LogP contribution in [0.15, 0.2) is 24.3 Å². The zero-order valence-electron chi connectivity index (χ0n) is 9.95. The fourth-order valence-electron chi connectivity index (χ4n) is 2.07. The van der Waals surface area contributed by atoms with Crippen LogP contribution in [0.25, 0.3) is 0 Å². The summed E-state index contributed by atoms with van der Waals surface area (Å²) in [5.41, 5.74) is 1.33. The van der Waals surface area contributed by atoms with Gasteiger partial charge in [0.2, 0.25) is 0 Å². The number of hydrogen-bond acceptors (Lipinski definition) is 2. The summed E-state index contributed by atoms with van der Waals surface area (Å²) in [4.78, 5) is 0. The van der Waals surface area contributed by atoms with Gasteiger partial charge in [0.1, 0.15) is 11.9 Å². The molecule has 0 bridgehead atoms. The van der Waals surface area contributed by atoms with Gasteiger partial charge in [-0.2, -0.15) is 0 Å². The molecule has 1 saturated heterocycles. The molecular formula is C14H20O2. The van der Waals surface area contributed by atoms with Crippen molar-refractivity contribution in [2.75, 3.05) is 13.2 Å². The highest BCUT2D eigenvalue weighted by atomic mass is 16.5. The maximum Gasteiger partial charge on any atom is 0.122 e. The van der Waals surface area contributed by atoms with E-state index in [1.165, 1.54) is 5.56 Å². The molecule has 1 fully saturated rings. The lowest BCUT2D eigenvalue weighted by atomic mass is 10.1. The monoisotopic (exact) mass is 220 g/mol. The molecule has 2 rings (SSSR count). The van der Waals surface area contributed by atoms with Gasteiger partial charge < -0.3 is 9.47 Å². The maximum absolute atomic E-state index is 6.06. The Kier molecular flexibility index (Phi) is 4.23. The number of aryl methyl sites for hydroxylation is 1. The van der Waals surface area contributed by atoms with Crippen LogP contribution < -0.4 is 4.74 Å². The van der Waals surface area contributed by atoms with Crippen molar-refractivity contribution in [3.05, 3.63) is 29.8 Å². The van der Waals surface area contributed by atoms with E-state index in [1.54, 1.807) is 0 Å². The normalized spacial score (nSPS) is 17.3. The van der Waals surface area contributed by atoms with Crippen LogP contribution in [-0.4, -0.2) is 19.3 Å². The molecule has 0 aromatic heterocycles. The minimum Gasteiger partial charge on any atom is -0.490 e. The van der Waals surface area contributed by atoms with Crippen LogP contribution in [0.5, 0.6) is 5.75 Å². The van der Waals surface area contributed by atoms with E-state index in [-0.39, 0.29) is 0 Å². The SMILES string of the molecule is CCCc1ccccc1OC1CCOCC1. The van der Waals surface area contributed by atoms with Crippen molar-refractivity contribution in [3.8, 4) is 5.75 Å². The van der Waals surface area contributed by atoms with E-state index in [0.717, 1.165) is 44.6 Å². The van der Waals surface area contributed by atoms with Crippen LogP contribution >= 0.6 is 0 Å². The van der Waals surface area contributed by atoms with Crippen LogP contribution in [0.1, 0.15) is 31.7 Å². The van der Waals surface area contributed by atoms with Crippen LogP contribution in [-0.2, 0) is 11.2 Å². The Morgan fingerprint density at radius 1 is 1.25 bits per heavy atom. The molecule has 1 aliphatic heterocycles. The second-order valence-electron chi connectivity index (χ2n) is 4.29. The molecule has 0 saturated carbocycles. The largest absolute Gasteiger partial charge is 0.490 e. The molecule has 0 radical (unpaired) electrons. The smallest absolute Gasteiger partial charge is 0.122 e. The summed E-state index contributed by atoms with van der Waals surface area (Å²) in [5.74, 6) is 1.07. The highest BCUT2D eigenvalue weighted by Crippen LogP contribution is 2.23. The predicted molar refractivity (Wildman–Crippen MR) is 64.9 cm³/mol. The van der Waals surface area contributed by atoms with E-state index in [1.807, 2.05) is 6.07 Å². The molecule has 1 aromatic carbocycles. The van der Waals surface area contributed by atoms with Gasteiger partial charge in [-0.05, 0) is 18.1 Å². The van der Waals surface area contributed by atoms with Gasteiger partial charge >= 0.3 is 0 Å². The van der Waals surface area contributed by atoms with Gasteiger partial charge in [-0.15, -0.1) is 0 Å². The van der Waals surface area contributed by atoms with E-state index in [0.29, 0.717) is 6.10 Å². The Hall–Kier alpha value is -1.02. The quantitative estimate of drug-likeness (QED) is 0.775. The second-order valence-corrected chi connectivity index (χ2v) is 4.29. The fraction of sp³-hybridized carbons (Fsp3) is 0.571. The molecule has 0 N–H and O–H groups in total. The first-order valence-corrected chi connectivity index (χ1v) is 6.22. The molecule has 0 aliphatic carbocycles. The predicted octanol–water partition coefficient (Wildman–Crippen LogP) is 3.20. The maximum atomic E-state index is 6.06. The van der Waals surface area contributed by atoms with E-state index < -0.39 is 0 Å². The first-order valence-electron chi connectivity index (χ1n) is 6.22. The Bertz CT molecular complexity index is 316. The van der Waals surface area contributed by atoms with E-state index in [4.69, 9.17) is 9.47 Å². The van der Waals surface area contributed by atoms with Crippen molar-refractivity contribution >= 4 is 0 Å². The number of hydrogen-bond donors (Lipinski definition) is 0. The summed E-state index contributed by atoms with van der Waals surface area (Å²) in [7, 11) is 0. The Morgan fingerprint density at radius 3 is 2.75 bits per heavy atom. The Balaban J connectivity index is 2.01. The lowest BCUT2D eigenvalue weighted by molar-refractivity contribution is 0.0252. The summed E-state index contributed by atoms with van der Waals surface area (Å²) < 4.78 is 11.4. The molecule has 1 aromatic rings. The van der Waals surface area contributed by atoms with E-state index in [9.17, 15) is 0 Å². The third-order valence-electron chi connectivity index (χ3n) is 2.95. The van der Waals surface area contributed by atoms with Gasteiger partial charge in [-0.25, -0.2) is 0 Å². The fourth-order valence-corrected chi connectivity index (χ4v) is 2.07. The number of para-hydroxylation sites is 1. The third-order valence-corrected chi connectivity index (χ3v) is 2.95. The van der Waals surface area contributed by atoms with Gasteiger partial charge in [0, 0.05) is 12.8 Å². The number of benzene rings is 1. The van der Waals surface area contributed by atoms with Crippen molar-refractivity contribution < 1.29 is 9.47 Å². The highest BCUT2D eigenvalue weighted by Gasteiger charge is 2.16. The first kappa shape index (κ1) is 11.5. The van der Waals surface area contributed by atoms with Crippen molar-refractivity contribution in [1.82, 2.24) is 0 Å². The average Bonchev–Trinajstić information content (AvgIpc) is 2.33. The zero-order valence-corrected chi connectivity index (χ0v) is 9.95. The zero-order chi connectivity index (χ0) is 11.2. The van der Waals surface area contributed by atoms with Gasteiger partial charge in [0.05, 0.1) is 13.2 Å². The van der Waals surface area contributed by atoms with Crippen molar-refractivity contribution in [1.29, 1.82) is 0 Å². The van der Waals surface area contributed by atoms with Gasteiger partial charge in [0.25, 0.3) is 0 Å². The number of ether oxygens (including phenoxy) is 2. The summed E-state index contributed by atoms with van der Waals surface area (Å²) in [6.45, 7) is 3.87. The molecule has 0 atom stereocenters. The molecule has 1 heterocycles. The van der Waals surface area contributed by atoms with Crippen LogP contribution in [0.3, 0.4) is 0 Å². The topological polar surface area (TPSA) is 18.5 Å². The highest BCUT2D eigenvalue weighted by molar-refractivity contribution is 5.33. The Morgan fingerprint density at radius 2 is 2.00 bits per heavy atom. The van der Waals surface area contributed by atoms with Crippen molar-refractivity contribution in [3.63, 3.8) is 0 Å². The summed E-state index contributed by atoms with van der Waals surface area (Å²) in [6.07, 6.45) is 4.63. The van der Waals surface area contributed by atoms with Crippen molar-refractivity contribution in [2.45, 2.75) is 38.7 Å².